The Balaban J connectivity index is 1.25. The van der Waals surface area contributed by atoms with Crippen LogP contribution in [-0.4, -0.2) is 48.7 Å². The van der Waals surface area contributed by atoms with Crippen LogP contribution in [0.2, 0.25) is 0 Å². The van der Waals surface area contributed by atoms with Gasteiger partial charge in [-0.25, -0.2) is 15.0 Å². The zero-order chi connectivity index (χ0) is 22.6. The molecule has 1 unspecified atom stereocenters. The SMILES string of the molecule is Cc1nccn1-c1cc(NC(=O)C2CCCN(c3ccc(-c4ccccc4)nn3)C2)ncn1. The van der Waals surface area contributed by atoms with E-state index in [-0.39, 0.29) is 11.8 Å². The monoisotopic (exact) mass is 440 g/mol. The number of nitrogens with zero attached hydrogens (tertiary/aromatic N) is 7. The van der Waals surface area contributed by atoms with Crippen molar-refractivity contribution in [3.63, 3.8) is 0 Å². The molecular formula is C24H24N8O. The Bertz CT molecular complexity index is 1240. The minimum Gasteiger partial charge on any atom is -0.354 e. The molecule has 1 amide bonds. The summed E-state index contributed by atoms with van der Waals surface area (Å²) in [5.74, 6) is 2.51. The van der Waals surface area contributed by atoms with Gasteiger partial charge in [0.2, 0.25) is 5.91 Å². The molecule has 0 bridgehead atoms. The lowest BCUT2D eigenvalue weighted by atomic mass is 9.97. The van der Waals surface area contributed by atoms with Gasteiger partial charge in [0.1, 0.15) is 23.8 Å². The van der Waals surface area contributed by atoms with Crippen LogP contribution in [0.25, 0.3) is 17.1 Å². The van der Waals surface area contributed by atoms with Gasteiger partial charge in [0, 0.05) is 37.1 Å². The van der Waals surface area contributed by atoms with E-state index >= 15 is 0 Å². The van der Waals surface area contributed by atoms with Crippen LogP contribution >= 0.6 is 0 Å². The van der Waals surface area contributed by atoms with Crippen molar-refractivity contribution in [2.75, 3.05) is 23.3 Å². The maximum absolute atomic E-state index is 13.0. The lowest BCUT2D eigenvalue weighted by Gasteiger charge is -2.32. The van der Waals surface area contributed by atoms with Gasteiger partial charge in [0.15, 0.2) is 5.82 Å². The lowest BCUT2D eigenvalue weighted by Crippen LogP contribution is -2.41. The van der Waals surface area contributed by atoms with Crippen molar-refractivity contribution in [2.24, 2.45) is 5.92 Å². The Kier molecular flexibility index (Phi) is 5.75. The fourth-order valence-electron chi connectivity index (χ4n) is 4.05. The summed E-state index contributed by atoms with van der Waals surface area (Å²) >= 11 is 0. The van der Waals surface area contributed by atoms with E-state index < -0.39 is 0 Å². The Hall–Kier alpha value is -4.14. The second kappa shape index (κ2) is 9.15. The van der Waals surface area contributed by atoms with E-state index in [0.717, 1.165) is 42.3 Å². The second-order valence-corrected chi connectivity index (χ2v) is 8.02. The molecule has 166 valence electrons. The van der Waals surface area contributed by atoms with Gasteiger partial charge in [-0.05, 0) is 31.9 Å². The summed E-state index contributed by atoms with van der Waals surface area (Å²) in [7, 11) is 0. The van der Waals surface area contributed by atoms with Crippen molar-refractivity contribution >= 4 is 17.5 Å². The number of rotatable bonds is 5. The highest BCUT2D eigenvalue weighted by Gasteiger charge is 2.27. The van der Waals surface area contributed by atoms with Crippen molar-refractivity contribution < 1.29 is 4.79 Å². The van der Waals surface area contributed by atoms with Gasteiger partial charge in [-0.2, -0.15) is 0 Å². The van der Waals surface area contributed by atoms with Crippen LogP contribution in [0.5, 0.6) is 0 Å². The van der Waals surface area contributed by atoms with Crippen LogP contribution in [0.1, 0.15) is 18.7 Å². The molecule has 0 aliphatic carbocycles. The molecule has 9 heteroatoms. The van der Waals surface area contributed by atoms with E-state index in [1.54, 1.807) is 12.3 Å². The maximum Gasteiger partial charge on any atom is 0.230 e. The Morgan fingerprint density at radius 1 is 1.03 bits per heavy atom. The summed E-state index contributed by atoms with van der Waals surface area (Å²) < 4.78 is 1.84. The van der Waals surface area contributed by atoms with Gasteiger partial charge >= 0.3 is 0 Å². The van der Waals surface area contributed by atoms with E-state index in [1.165, 1.54) is 6.33 Å². The fourth-order valence-corrected chi connectivity index (χ4v) is 4.05. The van der Waals surface area contributed by atoms with Crippen molar-refractivity contribution in [3.05, 3.63) is 73.1 Å². The van der Waals surface area contributed by atoms with E-state index in [4.69, 9.17) is 0 Å². The molecule has 1 aliphatic rings. The molecule has 0 radical (unpaired) electrons. The number of carbonyl (C=O) groups excluding carboxylic acids is 1. The van der Waals surface area contributed by atoms with Crippen molar-refractivity contribution in [2.45, 2.75) is 19.8 Å². The molecule has 1 N–H and O–H groups in total. The minimum atomic E-state index is -0.164. The topological polar surface area (TPSA) is 102 Å². The first-order valence-electron chi connectivity index (χ1n) is 10.9. The third kappa shape index (κ3) is 4.57. The molecule has 3 aromatic heterocycles. The minimum absolute atomic E-state index is 0.0550. The smallest absolute Gasteiger partial charge is 0.230 e. The van der Waals surface area contributed by atoms with E-state index in [9.17, 15) is 4.79 Å². The number of benzene rings is 1. The standard InChI is InChI=1S/C24H24N8O/c1-17-25-11-13-32(17)23-14-21(26-16-27-23)28-24(33)19-8-5-12-31(15-19)22-10-9-20(29-30-22)18-6-3-2-4-7-18/h2-4,6-7,9-11,13-14,16,19H,5,8,12,15H2,1H3,(H,26,27,28,33). The van der Waals surface area contributed by atoms with Gasteiger partial charge in [-0.1, -0.05) is 30.3 Å². The second-order valence-electron chi connectivity index (χ2n) is 8.02. The quantitative estimate of drug-likeness (QED) is 0.508. The average molecular weight is 441 g/mol. The number of amides is 1. The third-order valence-electron chi connectivity index (χ3n) is 5.81. The van der Waals surface area contributed by atoms with E-state index in [2.05, 4.69) is 35.4 Å². The molecule has 5 rings (SSSR count). The molecular weight excluding hydrogens is 416 g/mol. The summed E-state index contributed by atoms with van der Waals surface area (Å²) in [5.41, 5.74) is 1.86. The molecule has 9 nitrogen and oxygen atoms in total. The summed E-state index contributed by atoms with van der Waals surface area (Å²) in [6.45, 7) is 3.33. The van der Waals surface area contributed by atoms with Crippen LogP contribution in [0.15, 0.2) is 67.3 Å². The predicted molar refractivity (Wildman–Crippen MR) is 125 cm³/mol. The number of hydrogen-bond donors (Lipinski definition) is 1. The summed E-state index contributed by atoms with van der Waals surface area (Å²) in [6.07, 6.45) is 6.70. The number of carbonyl (C=O) groups is 1. The van der Waals surface area contributed by atoms with E-state index in [0.29, 0.717) is 18.2 Å². The largest absolute Gasteiger partial charge is 0.354 e. The Morgan fingerprint density at radius 3 is 2.67 bits per heavy atom. The molecule has 1 fully saturated rings. The number of imidazole rings is 1. The average Bonchev–Trinajstić information content (AvgIpc) is 3.31. The van der Waals surface area contributed by atoms with Crippen molar-refractivity contribution in [3.8, 4) is 17.1 Å². The highest BCUT2D eigenvalue weighted by molar-refractivity contribution is 5.92. The number of piperidine rings is 1. The number of nitrogens with one attached hydrogen (secondary N) is 1. The van der Waals surface area contributed by atoms with Crippen LogP contribution in [-0.2, 0) is 4.79 Å². The fraction of sp³-hybridized carbons (Fsp3) is 0.250. The molecule has 33 heavy (non-hydrogen) atoms. The van der Waals surface area contributed by atoms with Gasteiger partial charge < -0.3 is 10.2 Å². The summed E-state index contributed by atoms with van der Waals surface area (Å²) in [6, 6.07) is 15.7. The number of aryl methyl sites for hydroxylation is 1. The highest BCUT2D eigenvalue weighted by atomic mass is 16.2. The van der Waals surface area contributed by atoms with Gasteiger partial charge in [0.25, 0.3) is 0 Å². The summed E-state index contributed by atoms with van der Waals surface area (Å²) in [4.78, 5) is 27.8. The van der Waals surface area contributed by atoms with E-state index in [1.807, 2.05) is 60.2 Å². The highest BCUT2D eigenvalue weighted by Crippen LogP contribution is 2.24. The molecule has 1 aromatic carbocycles. The zero-order valence-corrected chi connectivity index (χ0v) is 18.3. The first-order valence-corrected chi connectivity index (χ1v) is 10.9. The van der Waals surface area contributed by atoms with Crippen LogP contribution < -0.4 is 10.2 Å². The summed E-state index contributed by atoms with van der Waals surface area (Å²) in [5, 5.41) is 11.8. The van der Waals surface area contributed by atoms with Crippen molar-refractivity contribution in [1.29, 1.82) is 0 Å². The van der Waals surface area contributed by atoms with Crippen LogP contribution in [0, 0.1) is 12.8 Å². The first kappa shape index (κ1) is 20.7. The molecule has 4 heterocycles. The maximum atomic E-state index is 13.0. The predicted octanol–water partition coefficient (Wildman–Crippen LogP) is 3.28. The Labute approximate surface area is 191 Å². The van der Waals surface area contributed by atoms with Crippen LogP contribution in [0.4, 0.5) is 11.6 Å². The van der Waals surface area contributed by atoms with Gasteiger partial charge in [-0.15, -0.1) is 10.2 Å². The molecule has 4 aromatic rings. The van der Waals surface area contributed by atoms with Crippen LogP contribution in [0.3, 0.4) is 0 Å². The number of hydrogen-bond acceptors (Lipinski definition) is 7. The third-order valence-corrected chi connectivity index (χ3v) is 5.81. The normalized spacial score (nSPS) is 15.9. The zero-order valence-electron chi connectivity index (χ0n) is 18.3. The molecule has 0 spiro atoms. The first-order chi connectivity index (χ1) is 16.2. The number of aromatic nitrogens is 6. The molecule has 1 atom stereocenters. The Morgan fingerprint density at radius 2 is 1.91 bits per heavy atom. The van der Waals surface area contributed by atoms with Crippen molar-refractivity contribution in [1.82, 2.24) is 29.7 Å². The molecule has 1 saturated heterocycles. The van der Waals surface area contributed by atoms with Gasteiger partial charge in [-0.3, -0.25) is 9.36 Å². The van der Waals surface area contributed by atoms with Gasteiger partial charge in [0.05, 0.1) is 11.6 Å². The molecule has 1 aliphatic heterocycles. The number of anilines is 2. The lowest BCUT2D eigenvalue weighted by molar-refractivity contribution is -0.120. The molecule has 0 saturated carbocycles.